The van der Waals surface area contributed by atoms with E-state index in [0.717, 1.165) is 19.8 Å². The summed E-state index contributed by atoms with van der Waals surface area (Å²) in [6.07, 6.45) is 15.6. The number of morpholine rings is 1. The average Bonchev–Trinajstić information content (AvgIpc) is 2.42. The van der Waals surface area contributed by atoms with Crippen molar-refractivity contribution >= 4 is 0 Å². The Morgan fingerprint density at radius 2 is 1.50 bits per heavy atom. The Labute approximate surface area is 114 Å². The molecule has 0 saturated carbocycles. The van der Waals surface area contributed by atoms with E-state index in [2.05, 4.69) is 12.2 Å². The van der Waals surface area contributed by atoms with Gasteiger partial charge in [-0.2, -0.15) is 0 Å². The molecule has 1 aliphatic rings. The summed E-state index contributed by atoms with van der Waals surface area (Å²) in [5.74, 6) is 0. The fourth-order valence-corrected chi connectivity index (χ4v) is 2.68. The summed E-state index contributed by atoms with van der Waals surface area (Å²) < 4.78 is 5.46. The molecule has 0 amide bonds. The lowest BCUT2D eigenvalue weighted by atomic mass is 10.0. The van der Waals surface area contributed by atoms with Gasteiger partial charge in [-0.15, -0.1) is 0 Å². The highest BCUT2D eigenvalue weighted by Gasteiger charge is 2.11. The van der Waals surface area contributed by atoms with E-state index in [9.17, 15) is 0 Å². The Morgan fingerprint density at radius 1 is 0.889 bits per heavy atom. The van der Waals surface area contributed by atoms with Crippen LogP contribution in [0.25, 0.3) is 0 Å². The number of nitrogens with one attached hydrogen (secondary N) is 1. The number of rotatable bonds is 11. The van der Waals surface area contributed by atoms with Crippen molar-refractivity contribution in [2.24, 2.45) is 0 Å². The van der Waals surface area contributed by atoms with Crippen LogP contribution in [0.5, 0.6) is 0 Å². The lowest BCUT2D eigenvalue weighted by Gasteiger charge is -2.23. The van der Waals surface area contributed by atoms with Crippen molar-refractivity contribution in [2.75, 3.05) is 19.8 Å². The highest BCUT2D eigenvalue weighted by atomic mass is 16.5. The van der Waals surface area contributed by atoms with Gasteiger partial charge in [-0.1, -0.05) is 71.1 Å². The van der Waals surface area contributed by atoms with Crippen molar-refractivity contribution in [2.45, 2.75) is 83.6 Å². The molecule has 0 radical (unpaired) electrons. The molecule has 108 valence electrons. The van der Waals surface area contributed by atoms with E-state index in [1.807, 2.05) is 0 Å². The smallest absolute Gasteiger partial charge is 0.0620 e. The third kappa shape index (κ3) is 8.93. The quantitative estimate of drug-likeness (QED) is 0.556. The Hall–Kier alpha value is -0.0800. The predicted octanol–water partition coefficient (Wildman–Crippen LogP) is 4.29. The molecule has 2 nitrogen and oxygen atoms in total. The molecule has 1 heterocycles. The highest BCUT2D eigenvalue weighted by Crippen LogP contribution is 2.12. The molecule has 1 N–H and O–H groups in total. The first kappa shape index (κ1) is 16.0. The van der Waals surface area contributed by atoms with Crippen LogP contribution in [0, 0.1) is 0 Å². The summed E-state index contributed by atoms with van der Waals surface area (Å²) in [6, 6.07) is 0.632. The second-order valence-corrected chi connectivity index (χ2v) is 5.70. The number of hydrogen-bond donors (Lipinski definition) is 1. The lowest BCUT2D eigenvalue weighted by Crippen LogP contribution is -2.41. The van der Waals surface area contributed by atoms with Crippen molar-refractivity contribution in [3.05, 3.63) is 0 Å². The minimum Gasteiger partial charge on any atom is -0.379 e. The van der Waals surface area contributed by atoms with Crippen LogP contribution in [0.3, 0.4) is 0 Å². The first-order valence-corrected chi connectivity index (χ1v) is 8.24. The molecule has 1 atom stereocenters. The maximum absolute atomic E-state index is 5.46. The molecule has 1 fully saturated rings. The standard InChI is InChI=1S/C16H33NO/c1-2-3-4-5-6-7-8-9-10-11-12-16-15-18-14-13-17-16/h16-17H,2-15H2,1H3. The normalized spacial score (nSPS) is 20.2. The zero-order valence-corrected chi connectivity index (χ0v) is 12.4. The summed E-state index contributed by atoms with van der Waals surface area (Å²) in [5, 5.41) is 3.52. The molecule has 1 aliphatic heterocycles. The highest BCUT2D eigenvalue weighted by molar-refractivity contribution is 4.69. The SMILES string of the molecule is CCCCCCCCCCCCC1COCCN1. The summed E-state index contributed by atoms with van der Waals surface area (Å²) in [7, 11) is 0. The van der Waals surface area contributed by atoms with E-state index in [1.54, 1.807) is 0 Å². The number of ether oxygens (including phenoxy) is 1. The fourth-order valence-electron chi connectivity index (χ4n) is 2.68. The lowest BCUT2D eigenvalue weighted by molar-refractivity contribution is 0.0733. The largest absolute Gasteiger partial charge is 0.379 e. The van der Waals surface area contributed by atoms with E-state index >= 15 is 0 Å². The summed E-state index contributed by atoms with van der Waals surface area (Å²) >= 11 is 0. The van der Waals surface area contributed by atoms with Gasteiger partial charge in [-0.05, 0) is 6.42 Å². The maximum atomic E-state index is 5.46. The van der Waals surface area contributed by atoms with Gasteiger partial charge in [-0.25, -0.2) is 0 Å². The van der Waals surface area contributed by atoms with Crippen LogP contribution in [0.4, 0.5) is 0 Å². The van der Waals surface area contributed by atoms with Gasteiger partial charge in [0.25, 0.3) is 0 Å². The molecular formula is C16H33NO. The molecule has 0 bridgehead atoms. The van der Waals surface area contributed by atoms with E-state index in [0.29, 0.717) is 6.04 Å². The first-order chi connectivity index (χ1) is 8.93. The molecule has 1 saturated heterocycles. The Kier molecular flexibility index (Phi) is 10.6. The third-order valence-corrected chi connectivity index (χ3v) is 3.90. The average molecular weight is 255 g/mol. The zero-order chi connectivity index (χ0) is 12.9. The van der Waals surface area contributed by atoms with Crippen LogP contribution >= 0.6 is 0 Å². The summed E-state index contributed by atoms with van der Waals surface area (Å²) in [6.45, 7) is 5.15. The van der Waals surface area contributed by atoms with Crippen molar-refractivity contribution in [3.8, 4) is 0 Å². The Morgan fingerprint density at radius 3 is 2.06 bits per heavy atom. The van der Waals surface area contributed by atoms with Gasteiger partial charge in [0.05, 0.1) is 13.2 Å². The monoisotopic (exact) mass is 255 g/mol. The van der Waals surface area contributed by atoms with Crippen molar-refractivity contribution in [1.82, 2.24) is 5.32 Å². The van der Waals surface area contributed by atoms with E-state index in [-0.39, 0.29) is 0 Å². The topological polar surface area (TPSA) is 21.3 Å². The fraction of sp³-hybridized carbons (Fsp3) is 1.00. The Balaban J connectivity index is 1.73. The minimum absolute atomic E-state index is 0.632. The van der Waals surface area contributed by atoms with Gasteiger partial charge in [0.15, 0.2) is 0 Å². The molecule has 0 aromatic heterocycles. The van der Waals surface area contributed by atoms with E-state index in [1.165, 1.54) is 70.6 Å². The van der Waals surface area contributed by atoms with Crippen LogP contribution in [0.15, 0.2) is 0 Å². The summed E-state index contributed by atoms with van der Waals surface area (Å²) in [4.78, 5) is 0. The van der Waals surface area contributed by atoms with Crippen LogP contribution < -0.4 is 5.32 Å². The van der Waals surface area contributed by atoms with E-state index < -0.39 is 0 Å². The number of unbranched alkanes of at least 4 members (excludes halogenated alkanes) is 9. The molecule has 18 heavy (non-hydrogen) atoms. The second kappa shape index (κ2) is 12.0. The molecule has 2 heteroatoms. The van der Waals surface area contributed by atoms with Crippen LogP contribution in [-0.4, -0.2) is 25.8 Å². The van der Waals surface area contributed by atoms with Crippen molar-refractivity contribution in [3.63, 3.8) is 0 Å². The summed E-state index contributed by atoms with van der Waals surface area (Å²) in [5.41, 5.74) is 0. The van der Waals surface area contributed by atoms with Gasteiger partial charge in [0.2, 0.25) is 0 Å². The molecule has 0 aromatic carbocycles. The predicted molar refractivity (Wildman–Crippen MR) is 79.1 cm³/mol. The third-order valence-electron chi connectivity index (χ3n) is 3.90. The van der Waals surface area contributed by atoms with Gasteiger partial charge in [0.1, 0.15) is 0 Å². The Bertz CT molecular complexity index is 166. The van der Waals surface area contributed by atoms with E-state index in [4.69, 9.17) is 4.74 Å². The van der Waals surface area contributed by atoms with Crippen LogP contribution in [0.1, 0.15) is 77.6 Å². The molecule has 0 aliphatic carbocycles. The molecular weight excluding hydrogens is 222 g/mol. The first-order valence-electron chi connectivity index (χ1n) is 8.24. The maximum Gasteiger partial charge on any atom is 0.0620 e. The van der Waals surface area contributed by atoms with Gasteiger partial charge in [-0.3, -0.25) is 0 Å². The molecule has 0 aromatic rings. The second-order valence-electron chi connectivity index (χ2n) is 5.70. The van der Waals surface area contributed by atoms with Gasteiger partial charge >= 0.3 is 0 Å². The van der Waals surface area contributed by atoms with Crippen molar-refractivity contribution in [1.29, 1.82) is 0 Å². The molecule has 1 unspecified atom stereocenters. The molecule has 1 rings (SSSR count). The van der Waals surface area contributed by atoms with Gasteiger partial charge < -0.3 is 10.1 Å². The zero-order valence-electron chi connectivity index (χ0n) is 12.4. The molecule has 0 spiro atoms. The van der Waals surface area contributed by atoms with Crippen molar-refractivity contribution < 1.29 is 4.74 Å². The van der Waals surface area contributed by atoms with Crippen LogP contribution in [-0.2, 0) is 4.74 Å². The number of hydrogen-bond acceptors (Lipinski definition) is 2. The minimum atomic E-state index is 0.632. The van der Waals surface area contributed by atoms with Crippen LogP contribution in [0.2, 0.25) is 0 Å². The van der Waals surface area contributed by atoms with Gasteiger partial charge in [0, 0.05) is 12.6 Å².